The zero-order valence-electron chi connectivity index (χ0n) is 9.82. The van der Waals surface area contributed by atoms with Crippen molar-refractivity contribution in [1.29, 1.82) is 0 Å². The largest absolute Gasteiger partial charge is 0.324 e. The fraction of sp³-hybridized carbons (Fsp3) is 0.364. The third-order valence-electron chi connectivity index (χ3n) is 2.07. The summed E-state index contributed by atoms with van der Waals surface area (Å²) in [7, 11) is -3.35. The molecular weight excluding hydrogens is 306 g/mol. The molecule has 0 aliphatic carbocycles. The summed E-state index contributed by atoms with van der Waals surface area (Å²) >= 11 is 3.21. The molecule has 1 aromatic rings. The zero-order valence-corrected chi connectivity index (χ0v) is 12.2. The molecule has 4 nitrogen and oxygen atoms in total. The first kappa shape index (κ1) is 14.2. The lowest BCUT2D eigenvalue weighted by Gasteiger charge is -2.17. The van der Waals surface area contributed by atoms with Crippen molar-refractivity contribution in [3.05, 3.63) is 24.3 Å². The molecule has 0 spiro atoms. The van der Waals surface area contributed by atoms with Crippen molar-refractivity contribution in [3.63, 3.8) is 0 Å². The van der Waals surface area contributed by atoms with Crippen LogP contribution in [0.3, 0.4) is 0 Å². The Morgan fingerprint density at radius 1 is 1.29 bits per heavy atom. The lowest BCUT2D eigenvalue weighted by molar-refractivity contribution is -0.117. The van der Waals surface area contributed by atoms with Crippen LogP contribution in [0.1, 0.15) is 13.8 Å². The van der Waals surface area contributed by atoms with Gasteiger partial charge in [0.25, 0.3) is 0 Å². The number of nitrogens with one attached hydrogen (secondary N) is 1. The van der Waals surface area contributed by atoms with Gasteiger partial charge in [0.2, 0.25) is 5.91 Å². The van der Waals surface area contributed by atoms with Gasteiger partial charge in [-0.2, -0.15) is 0 Å². The SMILES string of the molecule is CC(C)(Br)C(=O)Nc1ccccc1S(C)(=O)=O. The number of hydrogen-bond donors (Lipinski definition) is 1. The van der Waals surface area contributed by atoms with Crippen LogP contribution in [0.4, 0.5) is 5.69 Å². The molecule has 17 heavy (non-hydrogen) atoms. The molecule has 0 saturated carbocycles. The van der Waals surface area contributed by atoms with Gasteiger partial charge in [0.05, 0.1) is 14.9 Å². The number of benzene rings is 1. The molecule has 94 valence electrons. The number of anilines is 1. The van der Waals surface area contributed by atoms with Crippen LogP contribution in [0.5, 0.6) is 0 Å². The van der Waals surface area contributed by atoms with Gasteiger partial charge in [-0.05, 0) is 26.0 Å². The number of amides is 1. The third-order valence-corrected chi connectivity index (χ3v) is 3.59. The van der Waals surface area contributed by atoms with E-state index in [1.54, 1.807) is 32.0 Å². The number of halogens is 1. The van der Waals surface area contributed by atoms with Gasteiger partial charge >= 0.3 is 0 Å². The van der Waals surface area contributed by atoms with Crippen molar-refractivity contribution in [2.45, 2.75) is 23.1 Å². The van der Waals surface area contributed by atoms with Gasteiger partial charge in [-0.1, -0.05) is 28.1 Å². The fourth-order valence-corrected chi connectivity index (χ4v) is 2.11. The van der Waals surface area contributed by atoms with Crippen molar-refractivity contribution in [1.82, 2.24) is 0 Å². The molecule has 0 aliphatic heterocycles. The summed E-state index contributed by atoms with van der Waals surface area (Å²) in [5, 5.41) is 2.59. The van der Waals surface area contributed by atoms with E-state index in [9.17, 15) is 13.2 Å². The fourth-order valence-electron chi connectivity index (χ4n) is 1.16. The summed E-state index contributed by atoms with van der Waals surface area (Å²) in [5.74, 6) is -0.298. The Bertz CT molecular complexity index is 532. The summed E-state index contributed by atoms with van der Waals surface area (Å²) in [6.45, 7) is 3.37. The van der Waals surface area contributed by atoms with Gasteiger partial charge < -0.3 is 5.32 Å². The Balaban J connectivity index is 3.13. The van der Waals surface area contributed by atoms with Crippen molar-refractivity contribution < 1.29 is 13.2 Å². The van der Waals surface area contributed by atoms with E-state index in [0.717, 1.165) is 6.26 Å². The van der Waals surface area contributed by atoms with E-state index >= 15 is 0 Å². The first-order chi connectivity index (χ1) is 7.62. The smallest absolute Gasteiger partial charge is 0.240 e. The molecule has 0 fully saturated rings. The Morgan fingerprint density at radius 3 is 2.29 bits per heavy atom. The van der Waals surface area contributed by atoms with Crippen LogP contribution in [0, 0.1) is 0 Å². The minimum absolute atomic E-state index is 0.116. The van der Waals surface area contributed by atoms with Crippen molar-refractivity contribution in [2.75, 3.05) is 11.6 Å². The molecule has 0 atom stereocenters. The monoisotopic (exact) mass is 319 g/mol. The summed E-state index contributed by atoms with van der Waals surface area (Å²) in [5.41, 5.74) is 0.299. The first-order valence-electron chi connectivity index (χ1n) is 4.92. The minimum atomic E-state index is -3.35. The number of para-hydroxylation sites is 1. The van der Waals surface area contributed by atoms with Crippen LogP contribution in [0.25, 0.3) is 0 Å². The number of sulfone groups is 1. The van der Waals surface area contributed by atoms with Crippen molar-refractivity contribution >= 4 is 37.4 Å². The first-order valence-corrected chi connectivity index (χ1v) is 7.60. The predicted octanol–water partition coefficient (Wildman–Crippen LogP) is 2.20. The standard InChI is InChI=1S/C11H14BrNO3S/c1-11(2,12)10(14)13-8-6-4-5-7-9(8)17(3,15)16/h4-7H,1-3H3,(H,13,14). The van der Waals surface area contributed by atoms with Crippen LogP contribution in [-0.2, 0) is 14.6 Å². The second-order valence-corrected chi connectivity index (χ2v) is 8.16. The van der Waals surface area contributed by atoms with E-state index < -0.39 is 14.2 Å². The second kappa shape index (κ2) is 4.78. The van der Waals surface area contributed by atoms with Crippen LogP contribution < -0.4 is 5.32 Å². The Morgan fingerprint density at radius 2 is 1.82 bits per heavy atom. The van der Waals surface area contributed by atoms with E-state index in [1.165, 1.54) is 6.07 Å². The zero-order chi connectivity index (χ0) is 13.3. The van der Waals surface area contributed by atoms with E-state index in [2.05, 4.69) is 21.2 Å². The minimum Gasteiger partial charge on any atom is -0.324 e. The van der Waals surface area contributed by atoms with Gasteiger partial charge in [-0.3, -0.25) is 4.79 Å². The van der Waals surface area contributed by atoms with E-state index in [1.807, 2.05) is 0 Å². The average Bonchev–Trinajstić information content (AvgIpc) is 2.15. The maximum atomic E-state index is 11.8. The quantitative estimate of drug-likeness (QED) is 0.869. The molecule has 1 rings (SSSR count). The molecule has 6 heteroatoms. The molecule has 0 bridgehead atoms. The highest BCUT2D eigenvalue weighted by molar-refractivity contribution is 9.10. The molecular formula is C11H14BrNO3S. The van der Waals surface area contributed by atoms with Crippen LogP contribution in [0.2, 0.25) is 0 Å². The Kier molecular flexibility index (Phi) is 3.99. The highest BCUT2D eigenvalue weighted by atomic mass is 79.9. The van der Waals surface area contributed by atoms with E-state index in [-0.39, 0.29) is 10.8 Å². The van der Waals surface area contributed by atoms with Gasteiger partial charge in [-0.25, -0.2) is 8.42 Å². The lowest BCUT2D eigenvalue weighted by atomic mass is 10.2. The molecule has 1 aromatic carbocycles. The molecule has 0 radical (unpaired) electrons. The molecule has 0 heterocycles. The molecule has 1 N–H and O–H groups in total. The van der Waals surface area contributed by atoms with E-state index in [4.69, 9.17) is 0 Å². The number of carbonyl (C=O) groups is 1. The maximum Gasteiger partial charge on any atom is 0.240 e. The highest BCUT2D eigenvalue weighted by Crippen LogP contribution is 2.24. The summed E-state index contributed by atoms with van der Waals surface area (Å²) < 4.78 is 22.3. The number of rotatable bonds is 3. The molecule has 0 aromatic heterocycles. The average molecular weight is 320 g/mol. The van der Waals surface area contributed by atoms with E-state index in [0.29, 0.717) is 5.69 Å². The van der Waals surface area contributed by atoms with Gasteiger partial charge in [0.15, 0.2) is 9.84 Å². The topological polar surface area (TPSA) is 63.2 Å². The Labute approximate surface area is 109 Å². The summed E-state index contributed by atoms with van der Waals surface area (Å²) in [6, 6.07) is 6.32. The molecule has 0 aliphatic rings. The number of hydrogen-bond acceptors (Lipinski definition) is 3. The predicted molar refractivity (Wildman–Crippen MR) is 71.2 cm³/mol. The van der Waals surface area contributed by atoms with Crippen molar-refractivity contribution in [2.24, 2.45) is 0 Å². The second-order valence-electron chi connectivity index (χ2n) is 4.19. The lowest BCUT2D eigenvalue weighted by Crippen LogP contribution is -2.31. The summed E-state index contributed by atoms with van der Waals surface area (Å²) in [4.78, 5) is 11.9. The molecule has 1 amide bonds. The third kappa shape index (κ3) is 3.81. The van der Waals surface area contributed by atoms with Crippen LogP contribution in [-0.4, -0.2) is 24.9 Å². The Hall–Kier alpha value is -0.880. The molecule has 0 unspecified atom stereocenters. The van der Waals surface area contributed by atoms with Crippen LogP contribution in [0.15, 0.2) is 29.2 Å². The summed E-state index contributed by atoms with van der Waals surface area (Å²) in [6.07, 6.45) is 1.11. The van der Waals surface area contributed by atoms with Gasteiger partial charge in [-0.15, -0.1) is 0 Å². The normalized spacial score (nSPS) is 12.2. The van der Waals surface area contributed by atoms with Gasteiger partial charge in [0.1, 0.15) is 0 Å². The number of carbonyl (C=O) groups excluding carboxylic acids is 1. The number of alkyl halides is 1. The van der Waals surface area contributed by atoms with Crippen molar-refractivity contribution in [3.8, 4) is 0 Å². The highest BCUT2D eigenvalue weighted by Gasteiger charge is 2.25. The maximum absolute atomic E-state index is 11.8. The van der Waals surface area contributed by atoms with Gasteiger partial charge in [0, 0.05) is 6.26 Å². The molecule has 0 saturated heterocycles. The van der Waals surface area contributed by atoms with Crippen LogP contribution >= 0.6 is 15.9 Å².